The highest BCUT2D eigenvalue weighted by Crippen LogP contribution is 2.29. The summed E-state index contributed by atoms with van der Waals surface area (Å²) in [5, 5.41) is 13.7. The lowest BCUT2D eigenvalue weighted by molar-refractivity contribution is -0.113. The first-order valence-corrected chi connectivity index (χ1v) is 7.99. The van der Waals surface area contributed by atoms with Crippen LogP contribution in [0.4, 0.5) is 16.2 Å². The molecule has 1 aliphatic rings. The fraction of sp³-hybridized carbons (Fsp3) is 0.167. The number of allylic oxidation sites excluding steroid dienone is 1. The topological polar surface area (TPSA) is 135 Å². The van der Waals surface area contributed by atoms with Crippen LogP contribution in [0.15, 0.2) is 46.0 Å². The Bertz CT molecular complexity index is 929. The Morgan fingerprint density at radius 3 is 2.73 bits per heavy atom. The summed E-state index contributed by atoms with van der Waals surface area (Å²) in [6.45, 7) is 3.46. The molecule has 0 aliphatic carbocycles. The predicted molar refractivity (Wildman–Crippen MR) is 97.1 cm³/mol. The van der Waals surface area contributed by atoms with Gasteiger partial charge in [0, 0.05) is 17.1 Å². The lowest BCUT2D eigenvalue weighted by Crippen LogP contribution is -2.45. The van der Waals surface area contributed by atoms with Crippen LogP contribution in [0.3, 0.4) is 0 Å². The molecule has 0 radical (unpaired) electrons. The van der Waals surface area contributed by atoms with Gasteiger partial charge in [0.05, 0.1) is 11.1 Å². The van der Waals surface area contributed by atoms with E-state index in [2.05, 4.69) is 16.0 Å². The normalized spacial score (nSPS) is 16.7. The number of anilines is 2. The molecule has 8 nitrogen and oxygen atoms in total. The number of nitrogen functional groups attached to an aromatic ring is 1. The van der Waals surface area contributed by atoms with E-state index in [0.717, 1.165) is 0 Å². The van der Waals surface area contributed by atoms with Crippen LogP contribution in [0.2, 0.25) is 0 Å². The Labute approximate surface area is 150 Å². The molecule has 0 spiro atoms. The molecule has 134 valence electrons. The molecule has 3 rings (SSSR count). The Morgan fingerprint density at radius 1 is 1.31 bits per heavy atom. The van der Waals surface area contributed by atoms with Crippen LogP contribution in [-0.4, -0.2) is 18.2 Å². The Morgan fingerprint density at radius 2 is 2.08 bits per heavy atom. The predicted octanol–water partition coefficient (Wildman–Crippen LogP) is 0.615. The van der Waals surface area contributed by atoms with Crippen molar-refractivity contribution in [2.24, 2.45) is 0 Å². The van der Waals surface area contributed by atoms with Gasteiger partial charge in [-0.05, 0) is 44.2 Å². The van der Waals surface area contributed by atoms with E-state index in [4.69, 9.17) is 15.6 Å². The SMILES string of the molecule is CC1=C(C(=O)Nc2ccc(N)c(C=[NH2+])c2)C(c2ccc(C)o2)NC(=O)N1. The highest BCUT2D eigenvalue weighted by Gasteiger charge is 2.33. The molecule has 1 atom stereocenters. The fourth-order valence-electron chi connectivity index (χ4n) is 2.81. The van der Waals surface area contributed by atoms with Gasteiger partial charge in [-0.2, -0.15) is 0 Å². The van der Waals surface area contributed by atoms with Crippen LogP contribution < -0.4 is 27.1 Å². The monoisotopic (exact) mass is 354 g/mol. The number of hydrogen-bond donors (Lipinski definition) is 5. The third-order valence-corrected chi connectivity index (χ3v) is 4.08. The largest absolute Gasteiger partial charge is 0.464 e. The molecule has 2 aromatic rings. The van der Waals surface area contributed by atoms with Gasteiger partial charge in [0.1, 0.15) is 17.6 Å². The number of nitrogens with two attached hydrogens (primary N) is 2. The number of urea groups is 1. The van der Waals surface area contributed by atoms with Gasteiger partial charge in [0.15, 0.2) is 6.21 Å². The zero-order valence-electron chi connectivity index (χ0n) is 14.4. The first kappa shape index (κ1) is 17.3. The van der Waals surface area contributed by atoms with Crippen LogP contribution in [0.1, 0.15) is 30.0 Å². The van der Waals surface area contributed by atoms with E-state index in [1.807, 2.05) is 0 Å². The highest BCUT2D eigenvalue weighted by atomic mass is 16.3. The molecular formula is C18H20N5O3+. The molecule has 1 aromatic heterocycles. The summed E-state index contributed by atoms with van der Waals surface area (Å²) in [5.74, 6) is 0.795. The summed E-state index contributed by atoms with van der Waals surface area (Å²) in [4.78, 5) is 24.7. The molecule has 7 N–H and O–H groups in total. The third-order valence-electron chi connectivity index (χ3n) is 4.08. The summed E-state index contributed by atoms with van der Waals surface area (Å²) in [6, 6.07) is 7.43. The molecule has 26 heavy (non-hydrogen) atoms. The molecule has 0 fully saturated rings. The Hall–Kier alpha value is -3.55. The molecule has 8 heteroatoms. The summed E-state index contributed by atoms with van der Waals surface area (Å²) >= 11 is 0. The summed E-state index contributed by atoms with van der Waals surface area (Å²) in [5.41, 5.74) is 8.27. The van der Waals surface area contributed by atoms with E-state index in [9.17, 15) is 9.59 Å². The first-order chi connectivity index (χ1) is 12.4. The van der Waals surface area contributed by atoms with Crippen molar-refractivity contribution in [2.75, 3.05) is 11.1 Å². The average Bonchev–Trinajstić information content (AvgIpc) is 3.02. The van der Waals surface area contributed by atoms with Gasteiger partial charge in [-0.15, -0.1) is 0 Å². The highest BCUT2D eigenvalue weighted by molar-refractivity contribution is 6.07. The minimum absolute atomic E-state index is 0.356. The van der Waals surface area contributed by atoms with Gasteiger partial charge < -0.3 is 26.1 Å². The molecule has 1 aromatic carbocycles. The molecule has 2 heterocycles. The number of carbonyl (C=O) groups is 2. The second-order valence-electron chi connectivity index (χ2n) is 5.98. The van der Waals surface area contributed by atoms with Crippen molar-refractivity contribution in [3.05, 3.63) is 58.7 Å². The van der Waals surface area contributed by atoms with Crippen molar-refractivity contribution < 1.29 is 19.4 Å². The fourth-order valence-corrected chi connectivity index (χ4v) is 2.81. The zero-order chi connectivity index (χ0) is 18.8. The maximum atomic E-state index is 12.9. The zero-order valence-corrected chi connectivity index (χ0v) is 14.4. The van der Waals surface area contributed by atoms with E-state index in [-0.39, 0.29) is 5.91 Å². The van der Waals surface area contributed by atoms with Crippen LogP contribution >= 0.6 is 0 Å². The minimum atomic E-state index is -0.688. The summed E-state index contributed by atoms with van der Waals surface area (Å²) in [7, 11) is 0. The van der Waals surface area contributed by atoms with Crippen molar-refractivity contribution in [1.29, 1.82) is 0 Å². The number of rotatable bonds is 4. The van der Waals surface area contributed by atoms with Crippen LogP contribution in [0.5, 0.6) is 0 Å². The van der Waals surface area contributed by atoms with Crippen molar-refractivity contribution in [1.82, 2.24) is 10.6 Å². The summed E-state index contributed by atoms with van der Waals surface area (Å²) < 4.78 is 5.61. The summed E-state index contributed by atoms with van der Waals surface area (Å²) in [6.07, 6.45) is 1.37. The number of benzene rings is 1. The maximum Gasteiger partial charge on any atom is 0.319 e. The smallest absolute Gasteiger partial charge is 0.319 e. The molecule has 0 saturated carbocycles. The van der Waals surface area contributed by atoms with E-state index >= 15 is 0 Å². The maximum absolute atomic E-state index is 12.9. The molecule has 3 amide bonds. The molecule has 1 unspecified atom stereocenters. The number of hydrogen-bond acceptors (Lipinski definition) is 4. The van der Waals surface area contributed by atoms with Crippen molar-refractivity contribution in [3.63, 3.8) is 0 Å². The van der Waals surface area contributed by atoms with Gasteiger partial charge in [0.25, 0.3) is 5.91 Å². The van der Waals surface area contributed by atoms with Crippen LogP contribution in [0, 0.1) is 6.92 Å². The molecular weight excluding hydrogens is 334 g/mol. The number of furan rings is 1. The lowest BCUT2D eigenvalue weighted by Gasteiger charge is -2.27. The van der Waals surface area contributed by atoms with Crippen molar-refractivity contribution >= 4 is 29.5 Å². The third kappa shape index (κ3) is 3.30. The standard InChI is InChI=1S/C18H19N5O3/c1-9-3-6-14(26-9)16-15(10(2)21-18(25)23-16)17(24)22-12-4-5-13(20)11(7-12)8-19/h3-8,16,19H,20H2,1-2H3,(H,22,24)(H2,21,23,25)/p+1. The number of amides is 3. The van der Waals surface area contributed by atoms with Gasteiger partial charge in [-0.25, -0.2) is 4.79 Å². The van der Waals surface area contributed by atoms with E-state index in [0.29, 0.717) is 39.7 Å². The lowest BCUT2D eigenvalue weighted by atomic mass is 9.99. The Kier molecular flexibility index (Phi) is 4.49. The Balaban J connectivity index is 1.93. The second-order valence-corrected chi connectivity index (χ2v) is 5.98. The molecule has 1 aliphatic heterocycles. The number of nitrogens with one attached hydrogen (secondary N) is 3. The van der Waals surface area contributed by atoms with Crippen LogP contribution in [-0.2, 0) is 4.79 Å². The van der Waals surface area contributed by atoms with Crippen LogP contribution in [0.25, 0.3) is 0 Å². The van der Waals surface area contributed by atoms with E-state index < -0.39 is 12.1 Å². The van der Waals surface area contributed by atoms with E-state index in [1.54, 1.807) is 44.2 Å². The van der Waals surface area contributed by atoms with Crippen molar-refractivity contribution in [2.45, 2.75) is 19.9 Å². The van der Waals surface area contributed by atoms with Gasteiger partial charge in [0.2, 0.25) is 0 Å². The van der Waals surface area contributed by atoms with Gasteiger partial charge in [-0.1, -0.05) is 0 Å². The molecule has 0 saturated heterocycles. The number of carbonyl (C=O) groups excluding carboxylic acids is 2. The van der Waals surface area contributed by atoms with Crippen molar-refractivity contribution in [3.8, 4) is 0 Å². The first-order valence-electron chi connectivity index (χ1n) is 7.99. The number of aryl methyl sites for hydroxylation is 1. The van der Waals surface area contributed by atoms with Gasteiger partial charge in [-0.3, -0.25) is 10.2 Å². The average molecular weight is 354 g/mol. The second kappa shape index (κ2) is 6.75. The van der Waals surface area contributed by atoms with E-state index in [1.165, 1.54) is 6.21 Å². The molecule has 0 bridgehead atoms. The van der Waals surface area contributed by atoms with Gasteiger partial charge >= 0.3 is 6.03 Å². The quantitative estimate of drug-likeness (QED) is 0.406. The minimum Gasteiger partial charge on any atom is -0.464 e.